The van der Waals surface area contributed by atoms with Crippen LogP contribution in [0.1, 0.15) is 25.3 Å². The molecule has 1 unspecified atom stereocenters. The van der Waals surface area contributed by atoms with Crippen LogP contribution in [0.3, 0.4) is 0 Å². The van der Waals surface area contributed by atoms with Gasteiger partial charge in [-0.25, -0.2) is 9.49 Å². The molecule has 178 valence electrons. The fourth-order valence-electron chi connectivity index (χ4n) is 3.79. The van der Waals surface area contributed by atoms with Crippen molar-refractivity contribution in [1.29, 1.82) is 0 Å². The molecule has 0 spiro atoms. The summed E-state index contributed by atoms with van der Waals surface area (Å²) in [4.78, 5) is 24.4. The van der Waals surface area contributed by atoms with Crippen LogP contribution in [0.25, 0.3) is 22.0 Å². The molecule has 4 aromatic rings. The van der Waals surface area contributed by atoms with Crippen molar-refractivity contribution in [3.05, 3.63) is 74.9 Å². The Morgan fingerprint density at radius 2 is 1.94 bits per heavy atom. The first-order chi connectivity index (χ1) is 16.1. The van der Waals surface area contributed by atoms with Gasteiger partial charge in [0.1, 0.15) is 11.4 Å². The molecule has 0 fully saturated rings. The van der Waals surface area contributed by atoms with E-state index in [-0.39, 0.29) is 17.5 Å². The van der Waals surface area contributed by atoms with E-state index >= 15 is 0 Å². The van der Waals surface area contributed by atoms with Gasteiger partial charge >= 0.3 is 6.18 Å². The number of fused-ring (bicyclic) bond motifs is 1. The number of rotatable bonds is 7. The number of halogens is 4. The summed E-state index contributed by atoms with van der Waals surface area (Å²) in [6.45, 7) is 1.95. The number of aromatic amines is 2. The highest BCUT2D eigenvalue weighted by Gasteiger charge is 2.37. The third-order valence-corrected chi connectivity index (χ3v) is 5.43. The van der Waals surface area contributed by atoms with E-state index in [2.05, 4.69) is 20.6 Å². The van der Waals surface area contributed by atoms with Crippen LogP contribution in [0.2, 0.25) is 0 Å². The van der Waals surface area contributed by atoms with Crippen molar-refractivity contribution in [3.8, 4) is 11.3 Å². The highest BCUT2D eigenvalue weighted by Crippen LogP contribution is 2.32. The van der Waals surface area contributed by atoms with Gasteiger partial charge in [-0.3, -0.25) is 14.7 Å². The number of hydrogen-bond acceptors (Lipinski definition) is 5. The molecule has 0 aliphatic carbocycles. The van der Waals surface area contributed by atoms with E-state index in [4.69, 9.17) is 0 Å². The minimum absolute atomic E-state index is 0.221. The third kappa shape index (κ3) is 4.70. The number of nitrogens with one attached hydrogen (secondary N) is 3. The Bertz CT molecular complexity index is 1430. The van der Waals surface area contributed by atoms with Crippen molar-refractivity contribution < 1.29 is 17.6 Å². The molecule has 1 aromatic carbocycles. The number of anilines is 1. The van der Waals surface area contributed by atoms with Gasteiger partial charge in [-0.15, -0.1) is 0 Å². The molecule has 0 saturated carbocycles. The second-order valence-corrected chi connectivity index (χ2v) is 7.88. The topological polar surface area (TPSA) is 108 Å². The summed E-state index contributed by atoms with van der Waals surface area (Å²) in [7, 11) is 0. The van der Waals surface area contributed by atoms with Crippen LogP contribution in [0.15, 0.2) is 52.4 Å². The zero-order chi connectivity index (χ0) is 24.5. The molecular weight excluding hydrogens is 456 g/mol. The number of nitrogens with zero attached hydrogens (tertiary/aromatic N) is 3. The minimum Gasteiger partial charge on any atom is -0.381 e. The van der Waals surface area contributed by atoms with Crippen LogP contribution in [-0.2, 0) is 12.7 Å². The summed E-state index contributed by atoms with van der Waals surface area (Å²) in [5, 5.41) is 15.2. The Hall–Kier alpha value is -3.96. The van der Waals surface area contributed by atoms with Crippen LogP contribution >= 0.6 is 0 Å². The molecule has 0 saturated heterocycles. The smallest absolute Gasteiger partial charge is 0.381 e. The first-order valence-corrected chi connectivity index (χ1v) is 10.4. The lowest BCUT2D eigenvalue weighted by atomic mass is 10.1. The maximum absolute atomic E-state index is 14.6. The van der Waals surface area contributed by atoms with Crippen molar-refractivity contribution >= 4 is 16.5 Å². The molecule has 3 N–H and O–H groups in total. The maximum Gasteiger partial charge on any atom is 0.423 e. The van der Waals surface area contributed by atoms with Crippen LogP contribution in [0.4, 0.5) is 23.2 Å². The Morgan fingerprint density at radius 3 is 2.65 bits per heavy atom. The van der Waals surface area contributed by atoms with Gasteiger partial charge in [-0.1, -0.05) is 0 Å². The summed E-state index contributed by atoms with van der Waals surface area (Å²) in [5.41, 5.74) is -2.64. The normalized spacial score (nSPS) is 12.7. The number of alkyl halides is 3. The van der Waals surface area contributed by atoms with E-state index in [0.29, 0.717) is 29.5 Å². The lowest BCUT2D eigenvalue weighted by Crippen LogP contribution is -2.27. The zero-order valence-corrected chi connectivity index (χ0v) is 17.9. The van der Waals surface area contributed by atoms with Crippen molar-refractivity contribution in [3.63, 3.8) is 0 Å². The fraction of sp³-hybridized carbons (Fsp3) is 0.273. The second-order valence-electron chi connectivity index (χ2n) is 7.88. The number of aryl methyl sites for hydroxylation is 1. The van der Waals surface area contributed by atoms with Crippen molar-refractivity contribution in [2.24, 2.45) is 0 Å². The van der Waals surface area contributed by atoms with Gasteiger partial charge in [0.25, 0.3) is 11.1 Å². The van der Waals surface area contributed by atoms with Crippen molar-refractivity contribution in [1.82, 2.24) is 25.0 Å². The van der Waals surface area contributed by atoms with E-state index in [1.807, 2.05) is 0 Å². The van der Waals surface area contributed by atoms with Crippen LogP contribution in [0.5, 0.6) is 0 Å². The average Bonchev–Trinajstić information content (AvgIpc) is 3.29. The fourth-order valence-corrected chi connectivity index (χ4v) is 3.79. The quantitative estimate of drug-likeness (QED) is 0.351. The monoisotopic (exact) mass is 476 g/mol. The Morgan fingerprint density at radius 1 is 1.15 bits per heavy atom. The molecule has 4 rings (SSSR count). The molecule has 0 aliphatic heterocycles. The number of H-pyrrole nitrogens is 2. The van der Waals surface area contributed by atoms with Crippen molar-refractivity contribution in [2.45, 2.75) is 38.5 Å². The molecule has 12 heteroatoms. The maximum atomic E-state index is 14.6. The van der Waals surface area contributed by atoms with Gasteiger partial charge in [-0.05, 0) is 49.4 Å². The van der Waals surface area contributed by atoms with Gasteiger partial charge in [0.2, 0.25) is 0 Å². The SMILES string of the molecule is CC(CCCn1ccc2cc(-c3ccn[nH]3)c(F)cc2c1=O)Nc1cn[nH]c(=O)c1C(F)(F)F. The zero-order valence-electron chi connectivity index (χ0n) is 17.9. The van der Waals surface area contributed by atoms with E-state index in [1.165, 1.54) is 16.8 Å². The highest BCUT2D eigenvalue weighted by atomic mass is 19.4. The minimum atomic E-state index is -4.83. The molecule has 34 heavy (non-hydrogen) atoms. The first-order valence-electron chi connectivity index (χ1n) is 10.4. The second kappa shape index (κ2) is 9.12. The predicted octanol–water partition coefficient (Wildman–Crippen LogP) is 3.91. The lowest BCUT2D eigenvalue weighted by molar-refractivity contribution is -0.138. The van der Waals surface area contributed by atoms with Crippen LogP contribution < -0.4 is 16.4 Å². The molecule has 0 radical (unpaired) electrons. The summed E-state index contributed by atoms with van der Waals surface area (Å²) in [6.07, 6.45) is 0.0427. The van der Waals surface area contributed by atoms with Crippen LogP contribution in [-0.4, -0.2) is 31.0 Å². The van der Waals surface area contributed by atoms with Crippen LogP contribution in [0, 0.1) is 5.82 Å². The average molecular weight is 476 g/mol. The van der Waals surface area contributed by atoms with E-state index in [0.717, 1.165) is 6.20 Å². The Labute approximate surface area is 189 Å². The number of aromatic nitrogens is 5. The molecular formula is C22H20F4N6O2. The van der Waals surface area contributed by atoms with E-state index in [1.54, 1.807) is 36.4 Å². The third-order valence-electron chi connectivity index (χ3n) is 5.43. The Kier molecular flexibility index (Phi) is 6.22. The summed E-state index contributed by atoms with van der Waals surface area (Å²) < 4.78 is 55.6. The number of hydrogen-bond donors (Lipinski definition) is 3. The van der Waals surface area contributed by atoms with Gasteiger partial charge in [-0.2, -0.15) is 23.4 Å². The highest BCUT2D eigenvalue weighted by molar-refractivity contribution is 5.86. The molecule has 3 aromatic heterocycles. The van der Waals surface area contributed by atoms with Gasteiger partial charge in [0, 0.05) is 30.5 Å². The first kappa shape index (κ1) is 23.2. The summed E-state index contributed by atoms with van der Waals surface area (Å²) in [5.74, 6) is -0.559. The number of benzene rings is 1. The summed E-state index contributed by atoms with van der Waals surface area (Å²) >= 11 is 0. The molecule has 0 aliphatic rings. The molecule has 0 bridgehead atoms. The van der Waals surface area contributed by atoms with Gasteiger partial charge in [0.15, 0.2) is 0 Å². The molecule has 1 atom stereocenters. The standard InChI is InChI=1S/C22H20F4N6O2/c1-12(29-18-11-28-31-20(33)19(18)22(24,25)26)3-2-7-32-8-5-13-9-15(17-4-6-27-30-17)16(23)10-14(13)21(32)34/h4-6,8-12H,2-3,7H2,1H3,(H,27,30)(H2,29,31,33). The number of pyridine rings is 1. The molecule has 3 heterocycles. The summed E-state index contributed by atoms with van der Waals surface area (Å²) in [6, 6.07) is 5.65. The van der Waals surface area contributed by atoms with Gasteiger partial charge in [0.05, 0.1) is 23.0 Å². The molecule has 0 amide bonds. The van der Waals surface area contributed by atoms with E-state index in [9.17, 15) is 27.2 Å². The predicted molar refractivity (Wildman–Crippen MR) is 118 cm³/mol. The Balaban J connectivity index is 1.46. The van der Waals surface area contributed by atoms with E-state index < -0.39 is 34.8 Å². The van der Waals surface area contributed by atoms with Gasteiger partial charge < -0.3 is 9.88 Å². The van der Waals surface area contributed by atoms with Crippen molar-refractivity contribution in [2.75, 3.05) is 5.32 Å². The largest absolute Gasteiger partial charge is 0.423 e. The lowest BCUT2D eigenvalue weighted by Gasteiger charge is -2.18. The molecule has 8 nitrogen and oxygen atoms in total.